The Morgan fingerprint density at radius 3 is 2.66 bits per heavy atom. The van der Waals surface area contributed by atoms with E-state index in [-0.39, 0.29) is 47.9 Å². The van der Waals surface area contributed by atoms with Crippen LogP contribution < -0.4 is 16.0 Å². The monoisotopic (exact) mass is 519 g/mol. The van der Waals surface area contributed by atoms with Crippen LogP contribution in [0, 0.1) is 5.92 Å². The fraction of sp³-hybridized carbons (Fsp3) is 0.762. The molecule has 29 heavy (non-hydrogen) atoms. The van der Waals surface area contributed by atoms with Crippen LogP contribution in [0.15, 0.2) is 15.6 Å². The van der Waals surface area contributed by atoms with Gasteiger partial charge in [-0.05, 0) is 46.0 Å². The third-order valence-electron chi connectivity index (χ3n) is 5.45. The number of carbonyl (C=O) groups excluding carboxylic acids is 1. The van der Waals surface area contributed by atoms with Crippen LogP contribution >= 0.6 is 24.0 Å². The van der Waals surface area contributed by atoms with Crippen LogP contribution in [-0.4, -0.2) is 36.2 Å². The van der Waals surface area contributed by atoms with Gasteiger partial charge in [0, 0.05) is 37.0 Å². The van der Waals surface area contributed by atoms with E-state index in [1.54, 1.807) is 7.05 Å². The molecule has 1 aliphatic carbocycles. The molecule has 0 saturated heterocycles. The van der Waals surface area contributed by atoms with E-state index in [4.69, 9.17) is 4.52 Å². The predicted octanol–water partition coefficient (Wildman–Crippen LogP) is 3.94. The van der Waals surface area contributed by atoms with E-state index in [2.05, 4.69) is 39.9 Å². The summed E-state index contributed by atoms with van der Waals surface area (Å²) < 4.78 is 5.47. The van der Waals surface area contributed by atoms with E-state index < -0.39 is 0 Å². The Morgan fingerprint density at radius 1 is 1.31 bits per heavy atom. The summed E-state index contributed by atoms with van der Waals surface area (Å²) in [6, 6.07) is 2.46. The minimum Gasteiger partial charge on any atom is -0.359 e. The standard InChI is InChI=1S/C21H37N5O2.HI/c1-6-15(7-2)19-12-18(28-26-19)13-23-21(22-5)25-17-10-8-9-16(11-17)20(27)24-14(3)4;/h12,14-17H,6-11,13H2,1-5H3,(H,24,27)(H2,22,23,25);1H. The van der Waals surface area contributed by atoms with Gasteiger partial charge in [-0.1, -0.05) is 25.4 Å². The summed E-state index contributed by atoms with van der Waals surface area (Å²) in [4.78, 5) is 16.6. The zero-order valence-corrected chi connectivity index (χ0v) is 20.8. The maximum absolute atomic E-state index is 12.3. The van der Waals surface area contributed by atoms with Crippen molar-refractivity contribution in [2.75, 3.05) is 7.05 Å². The van der Waals surface area contributed by atoms with Crippen LogP contribution in [0.2, 0.25) is 0 Å². The maximum atomic E-state index is 12.3. The number of guanidine groups is 1. The van der Waals surface area contributed by atoms with Crippen molar-refractivity contribution in [2.45, 2.75) is 90.8 Å². The summed E-state index contributed by atoms with van der Waals surface area (Å²) in [5.41, 5.74) is 1.02. The van der Waals surface area contributed by atoms with Crippen molar-refractivity contribution < 1.29 is 9.32 Å². The van der Waals surface area contributed by atoms with E-state index in [1.807, 2.05) is 19.9 Å². The average molecular weight is 519 g/mol. The number of aliphatic imine (C=N–C) groups is 1. The maximum Gasteiger partial charge on any atom is 0.223 e. The van der Waals surface area contributed by atoms with Crippen molar-refractivity contribution in [3.63, 3.8) is 0 Å². The molecule has 2 rings (SSSR count). The number of hydrogen-bond acceptors (Lipinski definition) is 4. The Morgan fingerprint density at radius 2 is 2.03 bits per heavy atom. The number of aromatic nitrogens is 1. The molecule has 0 aromatic carbocycles. The Kier molecular flexibility index (Phi) is 11.6. The third kappa shape index (κ3) is 8.14. The molecule has 166 valence electrons. The van der Waals surface area contributed by atoms with Crippen LogP contribution in [0.5, 0.6) is 0 Å². The Hall–Kier alpha value is -1.32. The molecular weight excluding hydrogens is 481 g/mol. The molecule has 7 nitrogen and oxygen atoms in total. The Bertz CT molecular complexity index is 643. The Labute approximate surface area is 192 Å². The predicted molar refractivity (Wildman–Crippen MR) is 128 cm³/mol. The zero-order valence-electron chi connectivity index (χ0n) is 18.5. The number of hydrogen-bond donors (Lipinski definition) is 3. The van der Waals surface area contributed by atoms with Gasteiger partial charge in [-0.2, -0.15) is 0 Å². The number of nitrogens with one attached hydrogen (secondary N) is 3. The first-order valence-corrected chi connectivity index (χ1v) is 10.7. The molecule has 8 heteroatoms. The van der Waals surface area contributed by atoms with Gasteiger partial charge >= 0.3 is 0 Å². The first-order chi connectivity index (χ1) is 13.5. The lowest BCUT2D eigenvalue weighted by atomic mass is 9.85. The van der Waals surface area contributed by atoms with Gasteiger partial charge < -0.3 is 20.5 Å². The number of halogens is 1. The zero-order chi connectivity index (χ0) is 20.5. The quantitative estimate of drug-likeness (QED) is 0.275. The lowest BCUT2D eigenvalue weighted by Gasteiger charge is -2.30. The van der Waals surface area contributed by atoms with E-state index in [9.17, 15) is 4.79 Å². The largest absolute Gasteiger partial charge is 0.359 e. The molecule has 0 spiro atoms. The summed E-state index contributed by atoms with van der Waals surface area (Å²) in [6.45, 7) is 8.88. The molecule has 0 radical (unpaired) electrons. The Balaban J connectivity index is 0.00000420. The van der Waals surface area contributed by atoms with E-state index in [0.29, 0.717) is 12.5 Å². The van der Waals surface area contributed by atoms with Gasteiger partial charge in [0.05, 0.1) is 12.2 Å². The molecular formula is C21H38IN5O2. The first-order valence-electron chi connectivity index (χ1n) is 10.7. The number of nitrogens with zero attached hydrogens (tertiary/aromatic N) is 2. The highest BCUT2D eigenvalue weighted by Crippen LogP contribution is 2.25. The summed E-state index contributed by atoms with van der Waals surface area (Å²) in [5.74, 6) is 2.23. The lowest BCUT2D eigenvalue weighted by molar-refractivity contribution is -0.126. The van der Waals surface area contributed by atoms with Crippen molar-refractivity contribution in [3.8, 4) is 0 Å². The van der Waals surface area contributed by atoms with Gasteiger partial charge in [0.15, 0.2) is 11.7 Å². The smallest absolute Gasteiger partial charge is 0.223 e. The molecule has 1 saturated carbocycles. The first kappa shape index (κ1) is 25.7. The van der Waals surface area contributed by atoms with Gasteiger partial charge in [-0.3, -0.25) is 9.79 Å². The van der Waals surface area contributed by atoms with Gasteiger partial charge in [0.1, 0.15) is 0 Å². The highest BCUT2D eigenvalue weighted by molar-refractivity contribution is 14.0. The molecule has 2 unspecified atom stereocenters. The highest BCUT2D eigenvalue weighted by Gasteiger charge is 2.28. The normalized spacial score (nSPS) is 19.8. The molecule has 3 N–H and O–H groups in total. The summed E-state index contributed by atoms with van der Waals surface area (Å²) >= 11 is 0. The topological polar surface area (TPSA) is 91.5 Å². The summed E-state index contributed by atoms with van der Waals surface area (Å²) in [5, 5.41) is 14.0. The van der Waals surface area contributed by atoms with Gasteiger partial charge in [0.2, 0.25) is 5.91 Å². The molecule has 1 heterocycles. The SMILES string of the molecule is CCC(CC)c1cc(CNC(=NC)NC2CCCC(C(=O)NC(C)C)C2)on1.I. The van der Waals surface area contributed by atoms with Gasteiger partial charge in [0.25, 0.3) is 0 Å². The van der Waals surface area contributed by atoms with Crippen molar-refractivity contribution in [3.05, 3.63) is 17.5 Å². The fourth-order valence-corrected chi connectivity index (χ4v) is 3.83. The number of amides is 1. The van der Waals surface area contributed by atoms with Crippen LogP contribution in [0.25, 0.3) is 0 Å². The van der Waals surface area contributed by atoms with Crippen molar-refractivity contribution in [1.82, 2.24) is 21.1 Å². The number of rotatable bonds is 8. The van der Waals surface area contributed by atoms with Crippen LogP contribution in [-0.2, 0) is 11.3 Å². The molecule has 1 fully saturated rings. The molecule has 1 aliphatic rings. The summed E-state index contributed by atoms with van der Waals surface area (Å²) in [7, 11) is 1.76. The molecule has 1 amide bonds. The van der Waals surface area contributed by atoms with E-state index in [1.165, 1.54) is 0 Å². The minimum atomic E-state index is 0. The molecule has 0 aliphatic heterocycles. The molecule has 0 bridgehead atoms. The second kappa shape index (κ2) is 13.1. The van der Waals surface area contributed by atoms with Crippen molar-refractivity contribution in [1.29, 1.82) is 0 Å². The van der Waals surface area contributed by atoms with Crippen LogP contribution in [0.1, 0.15) is 83.6 Å². The van der Waals surface area contributed by atoms with Gasteiger partial charge in [-0.25, -0.2) is 0 Å². The van der Waals surface area contributed by atoms with Gasteiger partial charge in [-0.15, -0.1) is 24.0 Å². The molecule has 2 atom stereocenters. The molecule has 1 aromatic heterocycles. The van der Waals surface area contributed by atoms with E-state index in [0.717, 1.165) is 55.9 Å². The summed E-state index contributed by atoms with van der Waals surface area (Å²) in [6.07, 6.45) is 6.01. The minimum absolute atomic E-state index is 0. The van der Waals surface area contributed by atoms with Crippen molar-refractivity contribution in [2.24, 2.45) is 10.9 Å². The molecule has 1 aromatic rings. The van der Waals surface area contributed by atoms with E-state index >= 15 is 0 Å². The third-order valence-corrected chi connectivity index (χ3v) is 5.45. The highest BCUT2D eigenvalue weighted by atomic mass is 127. The van der Waals surface area contributed by atoms with Crippen LogP contribution in [0.3, 0.4) is 0 Å². The fourth-order valence-electron chi connectivity index (χ4n) is 3.83. The van der Waals surface area contributed by atoms with Crippen molar-refractivity contribution >= 4 is 35.8 Å². The lowest BCUT2D eigenvalue weighted by Crippen LogP contribution is -2.47. The second-order valence-electron chi connectivity index (χ2n) is 8.03. The second-order valence-corrected chi connectivity index (χ2v) is 8.03. The number of carbonyl (C=O) groups is 1. The van der Waals surface area contributed by atoms with Crippen LogP contribution in [0.4, 0.5) is 0 Å². The average Bonchev–Trinajstić information content (AvgIpc) is 3.14.